The Morgan fingerprint density at radius 2 is 1.86 bits per heavy atom. The number of nitrogens with one attached hydrogen (secondary N) is 1. The van der Waals surface area contributed by atoms with Crippen LogP contribution in [0, 0.1) is 0 Å². The monoisotopic (exact) mass is 348 g/mol. The Labute approximate surface area is 130 Å². The van der Waals surface area contributed by atoms with Crippen LogP contribution < -0.4 is 20.5 Å². The van der Waals surface area contributed by atoms with Gasteiger partial charge in [-0.2, -0.15) is 0 Å². The largest absolute Gasteiger partial charge is 0.497 e. The smallest absolute Gasteiger partial charge is 0.245 e. The molecule has 3 N–H and O–H groups in total. The van der Waals surface area contributed by atoms with Crippen LogP contribution >= 0.6 is 15.9 Å². The summed E-state index contributed by atoms with van der Waals surface area (Å²) < 4.78 is 11.7. The van der Waals surface area contributed by atoms with Crippen molar-refractivity contribution in [3.63, 3.8) is 0 Å². The minimum Gasteiger partial charge on any atom is -0.497 e. The standard InChI is InChI=1S/C15H13BrN2O3/c1-20-8-2-4-9(5-3-8)21-13-7-12-10(6-11(13)16)14(17)15(19)18-12/h2-7,14H,17H2,1H3,(H,18,19). The van der Waals surface area contributed by atoms with Gasteiger partial charge < -0.3 is 20.5 Å². The summed E-state index contributed by atoms with van der Waals surface area (Å²) in [5.74, 6) is 1.82. The summed E-state index contributed by atoms with van der Waals surface area (Å²) in [6.07, 6.45) is 0. The molecule has 0 spiro atoms. The number of benzene rings is 2. The molecule has 2 aromatic rings. The van der Waals surface area contributed by atoms with Crippen LogP contribution in [0.3, 0.4) is 0 Å². The molecule has 1 unspecified atom stereocenters. The molecule has 1 heterocycles. The zero-order chi connectivity index (χ0) is 15.0. The maximum Gasteiger partial charge on any atom is 0.245 e. The second-order valence-corrected chi connectivity index (χ2v) is 5.47. The van der Waals surface area contributed by atoms with Crippen molar-refractivity contribution < 1.29 is 14.3 Å². The first-order valence-corrected chi connectivity index (χ1v) is 7.09. The van der Waals surface area contributed by atoms with Crippen LogP contribution in [-0.4, -0.2) is 13.0 Å². The van der Waals surface area contributed by atoms with Gasteiger partial charge in [0.05, 0.1) is 11.6 Å². The van der Waals surface area contributed by atoms with Crippen LogP contribution in [0.25, 0.3) is 0 Å². The molecule has 1 amide bonds. The number of nitrogens with two attached hydrogens (primary N) is 1. The summed E-state index contributed by atoms with van der Waals surface area (Å²) in [7, 11) is 1.61. The predicted molar refractivity (Wildman–Crippen MR) is 82.8 cm³/mol. The number of carbonyl (C=O) groups is 1. The van der Waals surface area contributed by atoms with Crippen molar-refractivity contribution in [1.29, 1.82) is 0 Å². The quantitative estimate of drug-likeness (QED) is 0.893. The van der Waals surface area contributed by atoms with Crippen molar-refractivity contribution >= 4 is 27.5 Å². The van der Waals surface area contributed by atoms with Crippen molar-refractivity contribution in [1.82, 2.24) is 0 Å². The molecule has 0 fully saturated rings. The Balaban J connectivity index is 1.89. The number of rotatable bonds is 3. The summed E-state index contributed by atoms with van der Waals surface area (Å²) in [6, 6.07) is 10.2. The van der Waals surface area contributed by atoms with Gasteiger partial charge in [-0.1, -0.05) is 0 Å². The van der Waals surface area contributed by atoms with Gasteiger partial charge in [0.1, 0.15) is 23.3 Å². The van der Waals surface area contributed by atoms with Crippen molar-refractivity contribution in [2.24, 2.45) is 5.73 Å². The normalized spacial score (nSPS) is 16.3. The lowest BCUT2D eigenvalue weighted by molar-refractivity contribution is -0.116. The van der Waals surface area contributed by atoms with Crippen LogP contribution in [0.1, 0.15) is 11.6 Å². The number of methoxy groups -OCH3 is 1. The maximum absolute atomic E-state index is 11.6. The van der Waals surface area contributed by atoms with Gasteiger partial charge in [0, 0.05) is 17.3 Å². The number of fused-ring (bicyclic) bond motifs is 1. The fourth-order valence-electron chi connectivity index (χ4n) is 2.14. The topological polar surface area (TPSA) is 73.6 Å². The van der Waals surface area contributed by atoms with Crippen LogP contribution in [0.4, 0.5) is 5.69 Å². The fraction of sp³-hybridized carbons (Fsp3) is 0.133. The maximum atomic E-state index is 11.6. The average molecular weight is 349 g/mol. The average Bonchev–Trinajstić information content (AvgIpc) is 2.75. The van der Waals surface area contributed by atoms with Gasteiger partial charge in [0.25, 0.3) is 0 Å². The van der Waals surface area contributed by atoms with Crippen LogP contribution in [0.5, 0.6) is 17.2 Å². The number of amides is 1. The van der Waals surface area contributed by atoms with Gasteiger partial charge in [-0.25, -0.2) is 0 Å². The molecule has 1 atom stereocenters. The summed E-state index contributed by atoms with van der Waals surface area (Å²) in [6.45, 7) is 0. The van der Waals surface area contributed by atoms with Gasteiger partial charge in [-0.15, -0.1) is 0 Å². The van der Waals surface area contributed by atoms with Gasteiger partial charge in [-0.05, 0) is 46.3 Å². The summed E-state index contributed by atoms with van der Waals surface area (Å²) in [5, 5.41) is 2.73. The highest BCUT2D eigenvalue weighted by atomic mass is 79.9. The van der Waals surface area contributed by atoms with E-state index in [1.807, 2.05) is 24.3 Å². The molecule has 1 aliphatic heterocycles. The number of anilines is 1. The third kappa shape index (κ3) is 2.59. The number of hydrogen-bond donors (Lipinski definition) is 2. The predicted octanol–water partition coefficient (Wildman–Crippen LogP) is 3.20. The highest BCUT2D eigenvalue weighted by molar-refractivity contribution is 9.10. The second-order valence-electron chi connectivity index (χ2n) is 4.61. The fourth-order valence-corrected chi connectivity index (χ4v) is 2.58. The molecular weight excluding hydrogens is 336 g/mol. The first-order valence-electron chi connectivity index (χ1n) is 6.30. The number of ether oxygens (including phenoxy) is 2. The first-order chi connectivity index (χ1) is 10.1. The number of halogens is 1. The second kappa shape index (κ2) is 5.38. The van der Waals surface area contributed by atoms with E-state index in [4.69, 9.17) is 15.2 Å². The minimum absolute atomic E-state index is 0.210. The first kappa shape index (κ1) is 13.9. The lowest BCUT2D eigenvalue weighted by Crippen LogP contribution is -2.19. The molecule has 0 saturated heterocycles. The highest BCUT2D eigenvalue weighted by Crippen LogP contribution is 2.39. The number of hydrogen-bond acceptors (Lipinski definition) is 4. The molecule has 0 radical (unpaired) electrons. The third-order valence-electron chi connectivity index (χ3n) is 3.27. The molecule has 0 saturated carbocycles. The zero-order valence-electron chi connectivity index (χ0n) is 11.2. The van der Waals surface area contributed by atoms with Crippen molar-refractivity contribution in [3.8, 4) is 17.2 Å². The molecule has 3 rings (SSSR count). The zero-order valence-corrected chi connectivity index (χ0v) is 12.8. The Bertz CT molecular complexity index is 701. The van der Waals surface area contributed by atoms with Gasteiger partial charge in [0.2, 0.25) is 5.91 Å². The van der Waals surface area contributed by atoms with E-state index in [0.717, 1.165) is 15.8 Å². The molecule has 0 bridgehead atoms. The lowest BCUT2D eigenvalue weighted by Gasteiger charge is -2.11. The van der Waals surface area contributed by atoms with Crippen molar-refractivity contribution in [3.05, 3.63) is 46.4 Å². The summed E-state index contributed by atoms with van der Waals surface area (Å²) in [4.78, 5) is 11.6. The summed E-state index contributed by atoms with van der Waals surface area (Å²) in [5.41, 5.74) is 7.24. The minimum atomic E-state index is -0.633. The molecule has 0 aromatic heterocycles. The highest BCUT2D eigenvalue weighted by Gasteiger charge is 2.28. The number of carbonyl (C=O) groups excluding carboxylic acids is 1. The van der Waals surface area contributed by atoms with Crippen LogP contribution in [0.2, 0.25) is 0 Å². The van der Waals surface area contributed by atoms with Crippen molar-refractivity contribution in [2.75, 3.05) is 12.4 Å². The van der Waals surface area contributed by atoms with E-state index in [0.29, 0.717) is 17.2 Å². The van der Waals surface area contributed by atoms with E-state index >= 15 is 0 Å². The van der Waals surface area contributed by atoms with Crippen molar-refractivity contribution in [2.45, 2.75) is 6.04 Å². The molecule has 6 heteroatoms. The molecular formula is C15H13BrN2O3. The molecule has 21 heavy (non-hydrogen) atoms. The Morgan fingerprint density at radius 3 is 2.52 bits per heavy atom. The van der Waals surface area contributed by atoms with Gasteiger partial charge >= 0.3 is 0 Å². The van der Waals surface area contributed by atoms with E-state index in [2.05, 4.69) is 21.2 Å². The Morgan fingerprint density at radius 1 is 1.19 bits per heavy atom. The molecule has 0 aliphatic carbocycles. The Kier molecular flexibility index (Phi) is 3.57. The molecule has 2 aromatic carbocycles. The van der Waals surface area contributed by atoms with E-state index < -0.39 is 6.04 Å². The molecule has 5 nitrogen and oxygen atoms in total. The Hall–Kier alpha value is -2.05. The third-order valence-corrected chi connectivity index (χ3v) is 3.89. The van der Waals surface area contributed by atoms with E-state index in [9.17, 15) is 4.79 Å². The van der Waals surface area contributed by atoms with E-state index in [1.165, 1.54) is 0 Å². The van der Waals surface area contributed by atoms with E-state index in [-0.39, 0.29) is 5.91 Å². The van der Waals surface area contributed by atoms with E-state index in [1.54, 1.807) is 19.2 Å². The SMILES string of the molecule is COc1ccc(Oc2cc3c(cc2Br)C(N)C(=O)N3)cc1. The van der Waals surface area contributed by atoms with Gasteiger partial charge in [0.15, 0.2) is 0 Å². The lowest BCUT2D eigenvalue weighted by atomic mass is 10.1. The molecule has 1 aliphatic rings. The van der Waals surface area contributed by atoms with Crippen LogP contribution in [-0.2, 0) is 4.79 Å². The molecule has 108 valence electrons. The summed E-state index contributed by atoms with van der Waals surface area (Å²) >= 11 is 3.44. The van der Waals surface area contributed by atoms with Gasteiger partial charge in [-0.3, -0.25) is 4.79 Å². The van der Waals surface area contributed by atoms with Crippen LogP contribution in [0.15, 0.2) is 40.9 Å².